The fourth-order valence-corrected chi connectivity index (χ4v) is 5.05. The first-order chi connectivity index (χ1) is 15.3. The van der Waals surface area contributed by atoms with Gasteiger partial charge in [0, 0.05) is 43.9 Å². The first-order valence-corrected chi connectivity index (χ1v) is 11.9. The Bertz CT molecular complexity index is 879. The van der Waals surface area contributed by atoms with Crippen LogP contribution in [0.25, 0.3) is 0 Å². The Morgan fingerprint density at radius 3 is 2.50 bits per heavy atom. The van der Waals surface area contributed by atoms with Crippen LogP contribution >= 0.6 is 11.8 Å². The van der Waals surface area contributed by atoms with Crippen LogP contribution in [0.2, 0.25) is 0 Å². The number of hydrogen-bond donors (Lipinski definition) is 1. The Morgan fingerprint density at radius 2 is 1.91 bits per heavy atom. The number of esters is 1. The number of likely N-dealkylation sites (tertiary alicyclic amines) is 1. The lowest BCUT2D eigenvalue weighted by Crippen LogP contribution is -2.46. The molecule has 0 aromatic carbocycles. The average Bonchev–Trinajstić information content (AvgIpc) is 3.32. The number of carbonyl (C=O) groups is 4. The molecule has 2 aliphatic rings. The van der Waals surface area contributed by atoms with Crippen molar-refractivity contribution in [3.05, 3.63) is 29.1 Å². The number of hydrogen-bond acceptors (Lipinski definition) is 7. The van der Waals surface area contributed by atoms with E-state index in [9.17, 15) is 19.2 Å². The SMILES string of the molecule is COC(=O)C(CC(=O)N1CCC(c2nc(C)ccc2C(=O)N2CCSC2)CC1)NC(C)=O. The molecule has 0 bridgehead atoms. The van der Waals surface area contributed by atoms with Gasteiger partial charge in [0.2, 0.25) is 11.8 Å². The second-order valence-electron chi connectivity index (χ2n) is 8.13. The number of piperidine rings is 1. The highest BCUT2D eigenvalue weighted by molar-refractivity contribution is 7.99. The molecule has 174 valence electrons. The molecule has 10 heteroatoms. The zero-order chi connectivity index (χ0) is 23.3. The Kier molecular flexibility index (Phi) is 8.11. The molecule has 2 fully saturated rings. The highest BCUT2D eigenvalue weighted by Crippen LogP contribution is 2.31. The van der Waals surface area contributed by atoms with Crippen molar-refractivity contribution in [2.45, 2.75) is 45.1 Å². The highest BCUT2D eigenvalue weighted by atomic mass is 32.2. The number of carbonyl (C=O) groups excluding carboxylic acids is 4. The molecule has 0 saturated carbocycles. The molecule has 3 heterocycles. The molecule has 1 N–H and O–H groups in total. The van der Waals surface area contributed by atoms with E-state index in [1.165, 1.54) is 14.0 Å². The molecule has 1 atom stereocenters. The van der Waals surface area contributed by atoms with Gasteiger partial charge in [-0.25, -0.2) is 4.79 Å². The van der Waals surface area contributed by atoms with Crippen molar-refractivity contribution in [1.29, 1.82) is 0 Å². The number of amides is 3. The Balaban J connectivity index is 1.66. The maximum Gasteiger partial charge on any atom is 0.328 e. The minimum Gasteiger partial charge on any atom is -0.467 e. The molecule has 32 heavy (non-hydrogen) atoms. The van der Waals surface area contributed by atoms with E-state index in [1.54, 1.807) is 16.7 Å². The lowest BCUT2D eigenvalue weighted by atomic mass is 9.89. The first-order valence-electron chi connectivity index (χ1n) is 10.8. The molecule has 9 nitrogen and oxygen atoms in total. The zero-order valence-electron chi connectivity index (χ0n) is 18.8. The standard InChI is InChI=1S/C22H30N4O5S/c1-14-4-5-17(21(29)26-10-11-32-13-26)20(23-14)16-6-8-25(9-7-16)19(28)12-18(22(30)31-3)24-15(2)27/h4-5,16,18H,6-13H2,1-3H3,(H,24,27). The number of aryl methyl sites for hydroxylation is 1. The Labute approximate surface area is 192 Å². The van der Waals surface area contributed by atoms with Gasteiger partial charge in [0.1, 0.15) is 6.04 Å². The third kappa shape index (κ3) is 5.79. The largest absolute Gasteiger partial charge is 0.467 e. The van der Waals surface area contributed by atoms with Gasteiger partial charge in [-0.3, -0.25) is 19.4 Å². The summed E-state index contributed by atoms with van der Waals surface area (Å²) in [5.74, 6) is 0.504. The van der Waals surface area contributed by atoms with Gasteiger partial charge in [-0.05, 0) is 31.9 Å². The molecule has 0 aliphatic carbocycles. The lowest BCUT2D eigenvalue weighted by molar-refractivity contribution is -0.148. The third-order valence-corrected chi connectivity index (χ3v) is 6.78. The van der Waals surface area contributed by atoms with Crippen molar-refractivity contribution in [3.63, 3.8) is 0 Å². The predicted octanol–water partition coefficient (Wildman–Crippen LogP) is 1.31. The summed E-state index contributed by atoms with van der Waals surface area (Å²) in [7, 11) is 1.22. The van der Waals surface area contributed by atoms with Crippen LogP contribution in [0.4, 0.5) is 0 Å². The monoisotopic (exact) mass is 462 g/mol. The molecular formula is C22H30N4O5S. The van der Waals surface area contributed by atoms with Crippen LogP contribution in [0, 0.1) is 6.92 Å². The van der Waals surface area contributed by atoms with Crippen LogP contribution in [0.15, 0.2) is 12.1 Å². The van der Waals surface area contributed by atoms with E-state index in [4.69, 9.17) is 9.72 Å². The molecule has 1 unspecified atom stereocenters. The summed E-state index contributed by atoms with van der Waals surface area (Å²) >= 11 is 1.75. The number of aromatic nitrogens is 1. The van der Waals surface area contributed by atoms with E-state index in [0.29, 0.717) is 37.4 Å². The minimum absolute atomic E-state index is 0.0206. The summed E-state index contributed by atoms with van der Waals surface area (Å²) in [5.41, 5.74) is 2.33. The van der Waals surface area contributed by atoms with Gasteiger partial charge in [-0.1, -0.05) is 0 Å². The van der Waals surface area contributed by atoms with Crippen LogP contribution in [-0.2, 0) is 19.1 Å². The van der Waals surface area contributed by atoms with Gasteiger partial charge in [-0.15, -0.1) is 11.8 Å². The highest BCUT2D eigenvalue weighted by Gasteiger charge is 2.32. The molecule has 0 radical (unpaired) electrons. The number of nitrogens with one attached hydrogen (secondary N) is 1. The van der Waals surface area contributed by atoms with Crippen molar-refractivity contribution in [1.82, 2.24) is 20.1 Å². The molecule has 1 aromatic heterocycles. The van der Waals surface area contributed by atoms with E-state index in [-0.39, 0.29) is 24.2 Å². The van der Waals surface area contributed by atoms with E-state index >= 15 is 0 Å². The Hall–Kier alpha value is -2.62. The van der Waals surface area contributed by atoms with Crippen LogP contribution in [0.1, 0.15) is 53.8 Å². The summed E-state index contributed by atoms with van der Waals surface area (Å²) in [4.78, 5) is 57.3. The lowest BCUT2D eigenvalue weighted by Gasteiger charge is -2.33. The normalized spacial score (nSPS) is 17.7. The molecule has 3 rings (SSSR count). The van der Waals surface area contributed by atoms with Crippen LogP contribution in [-0.4, -0.2) is 82.9 Å². The molecular weight excluding hydrogens is 432 g/mol. The molecule has 2 saturated heterocycles. The predicted molar refractivity (Wildman–Crippen MR) is 120 cm³/mol. The van der Waals surface area contributed by atoms with Gasteiger partial charge < -0.3 is 19.9 Å². The van der Waals surface area contributed by atoms with Crippen molar-refractivity contribution < 1.29 is 23.9 Å². The summed E-state index contributed by atoms with van der Waals surface area (Å²) < 4.78 is 4.70. The van der Waals surface area contributed by atoms with E-state index in [2.05, 4.69) is 5.32 Å². The van der Waals surface area contributed by atoms with E-state index in [1.807, 2.05) is 24.0 Å². The van der Waals surface area contributed by atoms with Gasteiger partial charge in [0.15, 0.2) is 0 Å². The number of nitrogens with zero attached hydrogens (tertiary/aromatic N) is 3. The summed E-state index contributed by atoms with van der Waals surface area (Å²) in [6.07, 6.45) is 1.22. The fraction of sp³-hybridized carbons (Fsp3) is 0.591. The molecule has 0 spiro atoms. The quantitative estimate of drug-likeness (QED) is 0.635. The summed E-state index contributed by atoms with van der Waals surface area (Å²) in [6.45, 7) is 4.96. The second kappa shape index (κ2) is 10.8. The van der Waals surface area contributed by atoms with Crippen LogP contribution in [0.3, 0.4) is 0 Å². The molecule has 3 amide bonds. The third-order valence-electron chi connectivity index (χ3n) is 5.81. The number of thioether (sulfide) groups is 1. The molecule has 2 aliphatic heterocycles. The topological polar surface area (TPSA) is 109 Å². The fourth-order valence-electron chi connectivity index (χ4n) is 4.10. The smallest absolute Gasteiger partial charge is 0.328 e. The number of rotatable bonds is 6. The first kappa shape index (κ1) is 24.0. The van der Waals surface area contributed by atoms with Crippen molar-refractivity contribution in [2.75, 3.05) is 38.4 Å². The van der Waals surface area contributed by atoms with Gasteiger partial charge in [0.25, 0.3) is 5.91 Å². The summed E-state index contributed by atoms with van der Waals surface area (Å²) in [5, 5.41) is 2.47. The maximum absolute atomic E-state index is 13.0. The minimum atomic E-state index is -0.997. The van der Waals surface area contributed by atoms with E-state index in [0.717, 1.165) is 23.7 Å². The number of pyridine rings is 1. The summed E-state index contributed by atoms with van der Waals surface area (Å²) in [6, 6.07) is 2.74. The van der Waals surface area contributed by atoms with Crippen molar-refractivity contribution in [3.8, 4) is 0 Å². The van der Waals surface area contributed by atoms with Crippen LogP contribution < -0.4 is 5.32 Å². The average molecular weight is 463 g/mol. The maximum atomic E-state index is 13.0. The van der Waals surface area contributed by atoms with Crippen molar-refractivity contribution >= 4 is 35.5 Å². The molecule has 1 aromatic rings. The van der Waals surface area contributed by atoms with Gasteiger partial charge in [0.05, 0.1) is 30.7 Å². The van der Waals surface area contributed by atoms with Crippen molar-refractivity contribution in [2.24, 2.45) is 0 Å². The number of methoxy groups -OCH3 is 1. The second-order valence-corrected chi connectivity index (χ2v) is 9.20. The van der Waals surface area contributed by atoms with E-state index < -0.39 is 17.9 Å². The van der Waals surface area contributed by atoms with Gasteiger partial charge in [-0.2, -0.15) is 0 Å². The Morgan fingerprint density at radius 1 is 1.19 bits per heavy atom. The van der Waals surface area contributed by atoms with Crippen LogP contribution in [0.5, 0.6) is 0 Å². The number of ether oxygens (including phenoxy) is 1. The zero-order valence-corrected chi connectivity index (χ0v) is 19.6. The van der Waals surface area contributed by atoms with Gasteiger partial charge >= 0.3 is 5.97 Å².